The number of amides is 1. The van der Waals surface area contributed by atoms with Crippen molar-refractivity contribution < 1.29 is 14.7 Å². The van der Waals surface area contributed by atoms with E-state index in [4.69, 9.17) is 5.11 Å². The average Bonchev–Trinajstić information content (AvgIpc) is 3.22. The molecule has 0 radical (unpaired) electrons. The van der Waals surface area contributed by atoms with Gasteiger partial charge < -0.3 is 10.0 Å². The number of benzene rings is 1. The molecule has 1 saturated carbocycles. The maximum atomic E-state index is 12.1. The first-order valence-corrected chi connectivity index (χ1v) is 8.24. The van der Waals surface area contributed by atoms with Crippen LogP contribution >= 0.6 is 27.7 Å². The van der Waals surface area contributed by atoms with Gasteiger partial charge in [0, 0.05) is 27.6 Å². The standard InChI is InChI=1S/C14H16BrNO3S/c15-11-3-1-2-4-12(11)20-8-7-13(17)16(9-14(18)19)10-5-6-10/h1-4,10H,5-9H2,(H,18,19). The van der Waals surface area contributed by atoms with Crippen LogP contribution in [0.2, 0.25) is 0 Å². The lowest BCUT2D eigenvalue weighted by molar-refractivity contribution is -0.144. The van der Waals surface area contributed by atoms with Gasteiger partial charge >= 0.3 is 5.97 Å². The summed E-state index contributed by atoms with van der Waals surface area (Å²) in [5.41, 5.74) is 0. The summed E-state index contributed by atoms with van der Waals surface area (Å²) in [6.45, 7) is -0.177. The van der Waals surface area contributed by atoms with E-state index in [1.807, 2.05) is 24.3 Å². The summed E-state index contributed by atoms with van der Waals surface area (Å²) in [6.07, 6.45) is 2.22. The van der Waals surface area contributed by atoms with Crippen molar-refractivity contribution in [3.05, 3.63) is 28.7 Å². The first-order valence-electron chi connectivity index (χ1n) is 6.46. The van der Waals surface area contributed by atoms with E-state index in [-0.39, 0.29) is 18.5 Å². The summed E-state index contributed by atoms with van der Waals surface area (Å²) in [5, 5.41) is 8.84. The quantitative estimate of drug-likeness (QED) is 0.762. The molecule has 2 rings (SSSR count). The molecule has 1 aromatic carbocycles. The number of nitrogens with zero attached hydrogens (tertiary/aromatic N) is 1. The molecule has 4 nitrogen and oxygen atoms in total. The number of rotatable bonds is 7. The molecule has 1 aliphatic rings. The topological polar surface area (TPSA) is 57.6 Å². The van der Waals surface area contributed by atoms with Crippen molar-refractivity contribution >= 4 is 39.6 Å². The fourth-order valence-electron chi connectivity index (χ4n) is 1.91. The van der Waals surface area contributed by atoms with E-state index in [1.54, 1.807) is 11.8 Å². The molecule has 1 aliphatic carbocycles. The number of carbonyl (C=O) groups excluding carboxylic acids is 1. The van der Waals surface area contributed by atoms with Gasteiger partial charge in [0.2, 0.25) is 5.91 Å². The van der Waals surface area contributed by atoms with E-state index in [0.717, 1.165) is 22.2 Å². The lowest BCUT2D eigenvalue weighted by atomic mass is 10.3. The van der Waals surface area contributed by atoms with Gasteiger partial charge in [0.05, 0.1) is 0 Å². The van der Waals surface area contributed by atoms with Gasteiger partial charge in [-0.1, -0.05) is 12.1 Å². The number of aliphatic carboxylic acids is 1. The van der Waals surface area contributed by atoms with Crippen LogP contribution in [-0.4, -0.2) is 40.2 Å². The van der Waals surface area contributed by atoms with Crippen molar-refractivity contribution in [2.24, 2.45) is 0 Å². The Bertz CT molecular complexity index is 505. The highest BCUT2D eigenvalue weighted by molar-refractivity contribution is 9.10. The number of thioether (sulfide) groups is 1. The highest BCUT2D eigenvalue weighted by Gasteiger charge is 2.33. The van der Waals surface area contributed by atoms with Crippen molar-refractivity contribution in [3.63, 3.8) is 0 Å². The normalized spacial score (nSPS) is 14.1. The van der Waals surface area contributed by atoms with Crippen LogP contribution in [0.15, 0.2) is 33.6 Å². The predicted octanol–water partition coefficient (Wildman–Crippen LogP) is 3.01. The largest absolute Gasteiger partial charge is 0.480 e. The second kappa shape index (κ2) is 7.13. The molecule has 0 bridgehead atoms. The van der Waals surface area contributed by atoms with Crippen molar-refractivity contribution in [2.45, 2.75) is 30.2 Å². The van der Waals surface area contributed by atoms with Gasteiger partial charge in [0.15, 0.2) is 0 Å². The smallest absolute Gasteiger partial charge is 0.323 e. The van der Waals surface area contributed by atoms with Crippen LogP contribution in [0.4, 0.5) is 0 Å². The Morgan fingerprint density at radius 1 is 1.35 bits per heavy atom. The SMILES string of the molecule is O=C(O)CN(C(=O)CCSc1ccccc1Br)C1CC1. The molecule has 20 heavy (non-hydrogen) atoms. The fraction of sp³-hybridized carbons (Fsp3) is 0.429. The number of hydrogen-bond donors (Lipinski definition) is 1. The molecule has 0 spiro atoms. The third-order valence-electron chi connectivity index (χ3n) is 3.02. The molecule has 108 valence electrons. The summed E-state index contributed by atoms with van der Waals surface area (Å²) in [5.74, 6) is -0.345. The highest BCUT2D eigenvalue weighted by atomic mass is 79.9. The number of halogens is 1. The van der Waals surface area contributed by atoms with Gasteiger partial charge in [-0.15, -0.1) is 11.8 Å². The molecule has 1 aromatic rings. The molecule has 1 N–H and O–H groups in total. The van der Waals surface area contributed by atoms with Crippen molar-refractivity contribution in [3.8, 4) is 0 Å². The summed E-state index contributed by atoms with van der Waals surface area (Å²) in [4.78, 5) is 25.5. The first kappa shape index (κ1) is 15.4. The van der Waals surface area contributed by atoms with Crippen molar-refractivity contribution in [1.82, 2.24) is 4.90 Å². The van der Waals surface area contributed by atoms with Crippen LogP contribution in [0.5, 0.6) is 0 Å². The third kappa shape index (κ3) is 4.52. The zero-order valence-corrected chi connectivity index (χ0v) is 13.3. The monoisotopic (exact) mass is 357 g/mol. The lowest BCUT2D eigenvalue weighted by Crippen LogP contribution is -2.37. The molecular formula is C14H16BrNO3S. The van der Waals surface area contributed by atoms with E-state index in [9.17, 15) is 9.59 Å². The average molecular weight is 358 g/mol. The Morgan fingerprint density at radius 3 is 2.65 bits per heavy atom. The molecule has 0 aromatic heterocycles. The first-order chi connectivity index (χ1) is 9.58. The molecular weight excluding hydrogens is 342 g/mol. The predicted molar refractivity (Wildman–Crippen MR) is 81.9 cm³/mol. The maximum Gasteiger partial charge on any atom is 0.323 e. The van der Waals surface area contributed by atoms with Gasteiger partial charge in [0.25, 0.3) is 0 Å². The molecule has 1 fully saturated rings. The van der Waals surface area contributed by atoms with Gasteiger partial charge in [-0.2, -0.15) is 0 Å². The van der Waals surface area contributed by atoms with Gasteiger partial charge in [-0.3, -0.25) is 9.59 Å². The zero-order chi connectivity index (χ0) is 14.5. The maximum absolute atomic E-state index is 12.1. The molecule has 0 unspecified atom stereocenters. The Balaban J connectivity index is 1.82. The summed E-state index contributed by atoms with van der Waals surface area (Å²) in [6, 6.07) is 8.00. The minimum atomic E-state index is -0.941. The number of carboxylic acid groups (broad SMARTS) is 1. The minimum Gasteiger partial charge on any atom is -0.480 e. The summed E-state index contributed by atoms with van der Waals surface area (Å²) >= 11 is 5.07. The second-order valence-corrected chi connectivity index (χ2v) is 6.67. The van der Waals surface area contributed by atoms with E-state index >= 15 is 0 Å². The van der Waals surface area contributed by atoms with Crippen LogP contribution < -0.4 is 0 Å². The molecule has 1 amide bonds. The van der Waals surface area contributed by atoms with Gasteiger partial charge in [-0.05, 0) is 40.9 Å². The zero-order valence-electron chi connectivity index (χ0n) is 10.9. The van der Waals surface area contributed by atoms with Crippen LogP contribution in [0.3, 0.4) is 0 Å². The van der Waals surface area contributed by atoms with E-state index < -0.39 is 5.97 Å². The van der Waals surface area contributed by atoms with E-state index in [2.05, 4.69) is 15.9 Å². The van der Waals surface area contributed by atoms with Crippen LogP contribution in [-0.2, 0) is 9.59 Å². The van der Waals surface area contributed by atoms with Crippen molar-refractivity contribution in [2.75, 3.05) is 12.3 Å². The van der Waals surface area contributed by atoms with Gasteiger partial charge in [0.1, 0.15) is 6.54 Å². The summed E-state index contributed by atoms with van der Waals surface area (Å²) < 4.78 is 1.02. The highest BCUT2D eigenvalue weighted by Crippen LogP contribution is 2.29. The number of hydrogen-bond acceptors (Lipinski definition) is 3. The minimum absolute atomic E-state index is 0.0607. The number of carboxylic acids is 1. The molecule has 0 saturated heterocycles. The second-order valence-electron chi connectivity index (χ2n) is 4.68. The van der Waals surface area contributed by atoms with Crippen LogP contribution in [0.1, 0.15) is 19.3 Å². The molecule has 0 aliphatic heterocycles. The lowest BCUT2D eigenvalue weighted by Gasteiger charge is -2.20. The van der Waals surface area contributed by atoms with E-state index in [1.165, 1.54) is 4.90 Å². The fourth-order valence-corrected chi connectivity index (χ4v) is 3.41. The van der Waals surface area contributed by atoms with Crippen molar-refractivity contribution in [1.29, 1.82) is 0 Å². The van der Waals surface area contributed by atoms with Gasteiger partial charge in [-0.25, -0.2) is 0 Å². The Morgan fingerprint density at radius 2 is 2.05 bits per heavy atom. The Hall–Kier alpha value is -1.01. The molecule has 0 heterocycles. The Kier molecular flexibility index (Phi) is 5.48. The number of carbonyl (C=O) groups is 2. The Labute approximate surface area is 130 Å². The van der Waals surface area contributed by atoms with E-state index in [0.29, 0.717) is 12.2 Å². The third-order valence-corrected chi connectivity index (χ3v) is 5.05. The summed E-state index contributed by atoms with van der Waals surface area (Å²) in [7, 11) is 0. The molecule has 6 heteroatoms. The van der Waals surface area contributed by atoms with Crippen LogP contribution in [0, 0.1) is 0 Å². The van der Waals surface area contributed by atoms with Crippen LogP contribution in [0.25, 0.3) is 0 Å². The molecule has 0 atom stereocenters.